The molecule has 0 saturated carbocycles. The van der Waals surface area contributed by atoms with Crippen molar-refractivity contribution in [1.29, 1.82) is 5.26 Å². The quantitative estimate of drug-likeness (QED) is 0.661. The van der Waals surface area contributed by atoms with Gasteiger partial charge < -0.3 is 5.11 Å². The first-order valence-corrected chi connectivity index (χ1v) is 3.81. The number of aromatic hydroxyl groups is 1. The average molecular weight is 175 g/mol. The number of Topliss-reactive ketones (excluding diaryl/α,β-unsaturated/α-hetero) is 1. The summed E-state index contributed by atoms with van der Waals surface area (Å²) < 4.78 is 0. The monoisotopic (exact) mass is 175 g/mol. The fourth-order valence-corrected chi connectivity index (χ4v) is 1.26. The lowest BCUT2D eigenvalue weighted by Gasteiger charge is -2.05. The highest BCUT2D eigenvalue weighted by Crippen LogP contribution is 2.23. The molecule has 0 aliphatic rings. The van der Waals surface area contributed by atoms with Crippen LogP contribution in [0.15, 0.2) is 12.1 Å². The Hall–Kier alpha value is -1.82. The lowest BCUT2D eigenvalue weighted by Crippen LogP contribution is -2.00. The van der Waals surface area contributed by atoms with Crippen LogP contribution in [0.1, 0.15) is 28.4 Å². The normalized spacial score (nSPS) is 9.31. The third-order valence-corrected chi connectivity index (χ3v) is 1.86. The van der Waals surface area contributed by atoms with Crippen molar-refractivity contribution < 1.29 is 9.90 Å². The Morgan fingerprint density at radius 2 is 2.15 bits per heavy atom. The molecule has 1 aromatic rings. The van der Waals surface area contributed by atoms with E-state index in [1.54, 1.807) is 13.0 Å². The van der Waals surface area contributed by atoms with Gasteiger partial charge in [-0.15, -0.1) is 0 Å². The molecule has 0 aromatic heterocycles. The molecule has 1 rings (SSSR count). The summed E-state index contributed by atoms with van der Waals surface area (Å²) in [5, 5.41) is 18.0. The molecule has 66 valence electrons. The number of nitrogens with zero attached hydrogens (tertiary/aromatic N) is 1. The summed E-state index contributed by atoms with van der Waals surface area (Å²) in [4.78, 5) is 11.1. The molecule has 0 spiro atoms. The average Bonchev–Trinajstić information content (AvgIpc) is 2.07. The van der Waals surface area contributed by atoms with Crippen molar-refractivity contribution >= 4 is 5.78 Å². The second-order valence-electron chi connectivity index (χ2n) is 2.82. The third-order valence-electron chi connectivity index (χ3n) is 1.86. The Balaban J connectivity index is 3.55. The van der Waals surface area contributed by atoms with Gasteiger partial charge in [-0.3, -0.25) is 4.79 Å². The Morgan fingerprint density at radius 1 is 1.54 bits per heavy atom. The number of carbonyl (C=O) groups is 1. The second-order valence-corrected chi connectivity index (χ2v) is 2.82. The zero-order valence-electron chi connectivity index (χ0n) is 7.46. The first kappa shape index (κ1) is 9.27. The molecule has 1 N–H and O–H groups in total. The molecule has 0 atom stereocenters. The van der Waals surface area contributed by atoms with Crippen LogP contribution in [0.2, 0.25) is 0 Å². The molecule has 3 heteroatoms. The van der Waals surface area contributed by atoms with Gasteiger partial charge in [-0.2, -0.15) is 5.26 Å². The minimum atomic E-state index is -0.204. The predicted octanol–water partition coefficient (Wildman–Crippen LogP) is 1.77. The van der Waals surface area contributed by atoms with Crippen molar-refractivity contribution in [1.82, 2.24) is 0 Å². The molecular formula is C10H9NO2. The van der Waals surface area contributed by atoms with Gasteiger partial charge in [0.25, 0.3) is 0 Å². The Labute approximate surface area is 76.2 Å². The lowest BCUT2D eigenvalue weighted by molar-refractivity contribution is 0.101. The summed E-state index contributed by atoms with van der Waals surface area (Å²) >= 11 is 0. The molecule has 0 aliphatic heterocycles. The molecule has 0 aliphatic carbocycles. The summed E-state index contributed by atoms with van der Waals surface area (Å²) in [6, 6.07) is 4.85. The minimum Gasteiger partial charge on any atom is -0.507 e. The van der Waals surface area contributed by atoms with Crippen LogP contribution in [0.25, 0.3) is 0 Å². The van der Waals surface area contributed by atoms with Crippen molar-refractivity contribution in [3.8, 4) is 11.8 Å². The van der Waals surface area contributed by atoms with Crippen LogP contribution in [0, 0.1) is 18.3 Å². The van der Waals surface area contributed by atoms with E-state index in [0.29, 0.717) is 11.1 Å². The summed E-state index contributed by atoms with van der Waals surface area (Å²) in [7, 11) is 0. The lowest BCUT2D eigenvalue weighted by atomic mass is 9.99. The number of phenols is 1. The van der Waals surface area contributed by atoms with Crippen molar-refractivity contribution in [2.24, 2.45) is 0 Å². The Bertz CT molecular complexity index is 402. The standard InChI is InChI=1S/C10H9NO2/c1-6-3-4-9(13)8(5-11)10(6)7(2)12/h3-4,13H,1-2H3. The van der Waals surface area contributed by atoms with E-state index in [0.717, 1.165) is 0 Å². The topological polar surface area (TPSA) is 61.1 Å². The first-order chi connectivity index (χ1) is 6.07. The fraction of sp³-hybridized carbons (Fsp3) is 0.200. The molecule has 0 heterocycles. The highest BCUT2D eigenvalue weighted by atomic mass is 16.3. The molecule has 13 heavy (non-hydrogen) atoms. The van der Waals surface area contributed by atoms with Crippen LogP contribution in [0.4, 0.5) is 0 Å². The molecule has 1 aromatic carbocycles. The SMILES string of the molecule is CC(=O)c1c(C)ccc(O)c1C#N. The van der Waals surface area contributed by atoms with E-state index >= 15 is 0 Å². The van der Waals surface area contributed by atoms with Crippen LogP contribution in [-0.2, 0) is 0 Å². The molecule has 0 fully saturated rings. The Morgan fingerprint density at radius 3 is 2.54 bits per heavy atom. The summed E-state index contributed by atoms with van der Waals surface area (Å²) in [6.45, 7) is 3.11. The first-order valence-electron chi connectivity index (χ1n) is 3.81. The van der Waals surface area contributed by atoms with E-state index in [9.17, 15) is 9.90 Å². The highest BCUT2D eigenvalue weighted by molar-refractivity contribution is 5.98. The van der Waals surface area contributed by atoms with Crippen LogP contribution in [-0.4, -0.2) is 10.9 Å². The van der Waals surface area contributed by atoms with Gasteiger partial charge in [-0.05, 0) is 25.5 Å². The number of hydrogen-bond donors (Lipinski definition) is 1. The molecule has 0 unspecified atom stereocenters. The van der Waals surface area contributed by atoms with Gasteiger partial charge in [0.05, 0.1) is 0 Å². The maximum atomic E-state index is 11.1. The van der Waals surface area contributed by atoms with Gasteiger partial charge >= 0.3 is 0 Å². The minimum absolute atomic E-state index is 0.0625. The van der Waals surface area contributed by atoms with Crippen LogP contribution in [0.3, 0.4) is 0 Å². The smallest absolute Gasteiger partial charge is 0.161 e. The zero-order valence-corrected chi connectivity index (χ0v) is 7.46. The van der Waals surface area contributed by atoms with Crippen LogP contribution >= 0.6 is 0 Å². The summed E-state index contributed by atoms with van der Waals surface area (Å²) in [5.41, 5.74) is 1.08. The largest absolute Gasteiger partial charge is 0.507 e. The number of aryl methyl sites for hydroxylation is 1. The van der Waals surface area contributed by atoms with E-state index < -0.39 is 0 Å². The molecule has 0 amide bonds. The van der Waals surface area contributed by atoms with Crippen molar-refractivity contribution in [3.63, 3.8) is 0 Å². The molecule has 3 nitrogen and oxygen atoms in total. The van der Waals surface area contributed by atoms with E-state index in [4.69, 9.17) is 5.26 Å². The van der Waals surface area contributed by atoms with Gasteiger partial charge in [-0.1, -0.05) is 6.07 Å². The molecule has 0 saturated heterocycles. The number of carbonyl (C=O) groups excluding carboxylic acids is 1. The number of benzene rings is 1. The number of ketones is 1. The van der Waals surface area contributed by atoms with Gasteiger partial charge in [0.2, 0.25) is 0 Å². The van der Waals surface area contributed by atoms with Crippen LogP contribution < -0.4 is 0 Å². The van der Waals surface area contributed by atoms with Gasteiger partial charge in [0.15, 0.2) is 5.78 Å². The fourth-order valence-electron chi connectivity index (χ4n) is 1.26. The van der Waals surface area contributed by atoms with Gasteiger partial charge in [0, 0.05) is 5.56 Å². The highest BCUT2D eigenvalue weighted by Gasteiger charge is 2.13. The van der Waals surface area contributed by atoms with E-state index in [1.165, 1.54) is 13.0 Å². The van der Waals surface area contributed by atoms with Crippen molar-refractivity contribution in [3.05, 3.63) is 28.8 Å². The summed E-state index contributed by atoms with van der Waals surface area (Å²) in [5.74, 6) is -0.344. The number of nitriles is 1. The van der Waals surface area contributed by atoms with Gasteiger partial charge in [0.1, 0.15) is 17.4 Å². The Kier molecular flexibility index (Phi) is 2.34. The van der Waals surface area contributed by atoms with Gasteiger partial charge in [-0.25, -0.2) is 0 Å². The van der Waals surface area contributed by atoms with Crippen LogP contribution in [0.5, 0.6) is 5.75 Å². The predicted molar refractivity (Wildman–Crippen MR) is 47.6 cm³/mol. The maximum Gasteiger partial charge on any atom is 0.161 e. The van der Waals surface area contributed by atoms with E-state index in [-0.39, 0.29) is 17.1 Å². The van der Waals surface area contributed by atoms with E-state index in [2.05, 4.69) is 0 Å². The van der Waals surface area contributed by atoms with Crippen molar-refractivity contribution in [2.45, 2.75) is 13.8 Å². The zero-order chi connectivity index (χ0) is 10.0. The number of rotatable bonds is 1. The summed E-state index contributed by atoms with van der Waals surface area (Å²) in [6.07, 6.45) is 0. The molecule has 0 bridgehead atoms. The maximum absolute atomic E-state index is 11.1. The molecular weight excluding hydrogens is 166 g/mol. The van der Waals surface area contributed by atoms with E-state index in [1.807, 2.05) is 6.07 Å². The number of hydrogen-bond acceptors (Lipinski definition) is 3. The van der Waals surface area contributed by atoms with Crippen molar-refractivity contribution in [2.75, 3.05) is 0 Å². The third kappa shape index (κ3) is 1.52. The molecule has 0 radical (unpaired) electrons. The number of phenolic OH excluding ortho intramolecular Hbond substituents is 1. The second kappa shape index (κ2) is 3.28.